The zero-order valence-corrected chi connectivity index (χ0v) is 10.6. The number of nitrogens with zero attached hydrogens (tertiary/aromatic N) is 1. The highest BCUT2D eigenvalue weighted by Gasteiger charge is 2.49. The van der Waals surface area contributed by atoms with Crippen molar-refractivity contribution in [3.05, 3.63) is 0 Å². The molecule has 0 aromatic rings. The maximum absolute atomic E-state index is 12.2. The highest BCUT2D eigenvalue weighted by atomic mass is 32.2. The molecule has 0 spiro atoms. The Balaban J connectivity index is 2.15. The maximum Gasteiger partial charge on any atom is 0.325 e. The molecule has 2 aliphatic heterocycles. The van der Waals surface area contributed by atoms with E-state index < -0.39 is 5.54 Å². The Morgan fingerprint density at radius 3 is 2.56 bits per heavy atom. The summed E-state index contributed by atoms with van der Waals surface area (Å²) in [7, 11) is 0. The van der Waals surface area contributed by atoms with Crippen LogP contribution < -0.4 is 5.32 Å². The molecule has 0 bridgehead atoms. The molecule has 1 N–H and O–H groups in total. The van der Waals surface area contributed by atoms with Crippen molar-refractivity contribution >= 4 is 23.7 Å². The van der Waals surface area contributed by atoms with E-state index in [-0.39, 0.29) is 18.0 Å². The van der Waals surface area contributed by atoms with Crippen molar-refractivity contribution in [1.82, 2.24) is 10.2 Å². The molecule has 2 aliphatic rings. The predicted octanol–water partition coefficient (Wildman–Crippen LogP) is 1.60. The molecule has 3 amide bonds. The lowest BCUT2D eigenvalue weighted by atomic mass is 9.98. The predicted molar refractivity (Wildman–Crippen MR) is 64.4 cm³/mol. The second kappa shape index (κ2) is 4.28. The lowest BCUT2D eigenvalue weighted by Crippen LogP contribution is -2.45. The molecule has 4 nitrogen and oxygen atoms in total. The quantitative estimate of drug-likeness (QED) is 0.748. The second-order valence-corrected chi connectivity index (χ2v) is 5.86. The van der Waals surface area contributed by atoms with Crippen molar-refractivity contribution in [3.8, 4) is 0 Å². The molecule has 0 aromatic carbocycles. The molecule has 2 rings (SSSR count). The minimum absolute atomic E-state index is 0.0445. The molecule has 1 atom stereocenters. The van der Waals surface area contributed by atoms with E-state index in [0.29, 0.717) is 6.42 Å². The summed E-state index contributed by atoms with van der Waals surface area (Å²) >= 11 is 1.90. The van der Waals surface area contributed by atoms with E-state index in [2.05, 4.69) is 5.32 Å². The van der Waals surface area contributed by atoms with Gasteiger partial charge in [-0.2, -0.15) is 11.8 Å². The van der Waals surface area contributed by atoms with Crippen LogP contribution in [0.4, 0.5) is 4.79 Å². The largest absolute Gasteiger partial charge is 0.325 e. The SMILES string of the molecule is CCC1(C)NC(=O)N(C2CCSCC2)C1=O. The first-order chi connectivity index (χ1) is 7.58. The van der Waals surface area contributed by atoms with E-state index in [4.69, 9.17) is 0 Å². The van der Waals surface area contributed by atoms with Gasteiger partial charge in [-0.05, 0) is 37.7 Å². The first-order valence-corrected chi connectivity index (χ1v) is 6.97. The summed E-state index contributed by atoms with van der Waals surface area (Å²) in [5.41, 5.74) is -0.679. The van der Waals surface area contributed by atoms with Crippen molar-refractivity contribution in [2.75, 3.05) is 11.5 Å². The van der Waals surface area contributed by atoms with Gasteiger partial charge < -0.3 is 5.32 Å². The summed E-state index contributed by atoms with van der Waals surface area (Å²) in [5.74, 6) is 2.05. The van der Waals surface area contributed by atoms with Gasteiger partial charge in [0.25, 0.3) is 5.91 Å². The average Bonchev–Trinajstić information content (AvgIpc) is 2.52. The fourth-order valence-electron chi connectivity index (χ4n) is 2.22. The van der Waals surface area contributed by atoms with Crippen LogP contribution >= 0.6 is 11.8 Å². The summed E-state index contributed by atoms with van der Waals surface area (Å²) in [6.07, 6.45) is 2.52. The summed E-state index contributed by atoms with van der Waals surface area (Å²) in [6.45, 7) is 3.74. The first-order valence-electron chi connectivity index (χ1n) is 5.82. The van der Waals surface area contributed by atoms with Crippen LogP contribution in [0.3, 0.4) is 0 Å². The highest BCUT2D eigenvalue weighted by Crippen LogP contribution is 2.28. The number of rotatable bonds is 2. The molecule has 0 aliphatic carbocycles. The molecule has 0 radical (unpaired) electrons. The van der Waals surface area contributed by atoms with E-state index in [1.54, 1.807) is 0 Å². The van der Waals surface area contributed by atoms with Gasteiger partial charge in [-0.3, -0.25) is 9.69 Å². The molecule has 1 unspecified atom stereocenters. The second-order valence-electron chi connectivity index (χ2n) is 4.63. The average molecular weight is 242 g/mol. The molecule has 90 valence electrons. The number of nitrogens with one attached hydrogen (secondary N) is 1. The molecule has 2 saturated heterocycles. The van der Waals surface area contributed by atoms with Crippen LogP contribution in [0.5, 0.6) is 0 Å². The van der Waals surface area contributed by atoms with Gasteiger partial charge in [0.15, 0.2) is 0 Å². The van der Waals surface area contributed by atoms with E-state index in [9.17, 15) is 9.59 Å². The molecule has 2 heterocycles. The molecular weight excluding hydrogens is 224 g/mol. The van der Waals surface area contributed by atoms with Crippen LogP contribution in [0.2, 0.25) is 0 Å². The highest BCUT2D eigenvalue weighted by molar-refractivity contribution is 7.99. The normalized spacial score (nSPS) is 32.0. The van der Waals surface area contributed by atoms with Gasteiger partial charge in [0.1, 0.15) is 5.54 Å². The van der Waals surface area contributed by atoms with Crippen LogP contribution in [0.25, 0.3) is 0 Å². The molecule has 0 aromatic heterocycles. The number of carbonyl (C=O) groups is 2. The summed E-state index contributed by atoms with van der Waals surface area (Å²) in [4.78, 5) is 25.5. The van der Waals surface area contributed by atoms with E-state index in [1.807, 2.05) is 25.6 Å². The zero-order chi connectivity index (χ0) is 11.8. The fraction of sp³-hybridized carbons (Fsp3) is 0.818. The van der Waals surface area contributed by atoms with Crippen molar-refractivity contribution in [1.29, 1.82) is 0 Å². The van der Waals surface area contributed by atoms with E-state index in [0.717, 1.165) is 24.3 Å². The minimum Gasteiger partial charge on any atom is -0.323 e. The molecule has 16 heavy (non-hydrogen) atoms. The monoisotopic (exact) mass is 242 g/mol. The number of thioether (sulfide) groups is 1. The Morgan fingerprint density at radius 1 is 1.44 bits per heavy atom. The Labute approximate surface area is 100 Å². The number of hydrogen-bond acceptors (Lipinski definition) is 3. The van der Waals surface area contributed by atoms with Crippen molar-refractivity contribution in [2.24, 2.45) is 0 Å². The number of carbonyl (C=O) groups excluding carboxylic acids is 2. The Morgan fingerprint density at radius 2 is 2.06 bits per heavy atom. The fourth-order valence-corrected chi connectivity index (χ4v) is 3.30. The standard InChI is InChI=1S/C11H18N2O2S/c1-3-11(2)9(14)13(10(15)12-11)8-4-6-16-7-5-8/h8H,3-7H2,1-2H3,(H,12,15). The molecule has 5 heteroatoms. The molecular formula is C11H18N2O2S. The zero-order valence-electron chi connectivity index (χ0n) is 9.78. The number of amides is 3. The maximum atomic E-state index is 12.2. The van der Waals surface area contributed by atoms with Gasteiger partial charge in [-0.25, -0.2) is 4.79 Å². The Kier molecular flexibility index (Phi) is 3.15. The van der Waals surface area contributed by atoms with Crippen LogP contribution in [0, 0.1) is 0 Å². The summed E-state index contributed by atoms with van der Waals surface area (Å²) < 4.78 is 0. The van der Waals surface area contributed by atoms with Gasteiger partial charge >= 0.3 is 6.03 Å². The van der Waals surface area contributed by atoms with Crippen LogP contribution in [-0.4, -0.2) is 39.9 Å². The van der Waals surface area contributed by atoms with E-state index in [1.165, 1.54) is 4.90 Å². The topological polar surface area (TPSA) is 49.4 Å². The van der Waals surface area contributed by atoms with Gasteiger partial charge in [-0.15, -0.1) is 0 Å². The van der Waals surface area contributed by atoms with Gasteiger partial charge in [-0.1, -0.05) is 6.92 Å². The Hall–Kier alpha value is -0.710. The number of hydrogen-bond donors (Lipinski definition) is 1. The van der Waals surface area contributed by atoms with Crippen LogP contribution in [0.15, 0.2) is 0 Å². The Bertz CT molecular complexity index is 315. The first kappa shape index (κ1) is 11.8. The third-order valence-electron chi connectivity index (χ3n) is 3.56. The van der Waals surface area contributed by atoms with Gasteiger partial charge in [0, 0.05) is 6.04 Å². The lowest BCUT2D eigenvalue weighted by Gasteiger charge is -2.29. The summed E-state index contributed by atoms with van der Waals surface area (Å²) in [5, 5.41) is 2.81. The third kappa shape index (κ3) is 1.81. The van der Waals surface area contributed by atoms with Crippen molar-refractivity contribution in [3.63, 3.8) is 0 Å². The molecule has 0 saturated carbocycles. The summed E-state index contributed by atoms with van der Waals surface area (Å²) in [6, 6.07) is -0.0895. The van der Waals surface area contributed by atoms with E-state index >= 15 is 0 Å². The molecule has 2 fully saturated rings. The number of imide groups is 1. The minimum atomic E-state index is -0.679. The smallest absolute Gasteiger partial charge is 0.323 e. The van der Waals surface area contributed by atoms with Crippen molar-refractivity contribution < 1.29 is 9.59 Å². The third-order valence-corrected chi connectivity index (χ3v) is 4.60. The lowest BCUT2D eigenvalue weighted by molar-refractivity contribution is -0.132. The van der Waals surface area contributed by atoms with Crippen LogP contribution in [-0.2, 0) is 4.79 Å². The number of urea groups is 1. The van der Waals surface area contributed by atoms with Gasteiger partial charge in [0.2, 0.25) is 0 Å². The van der Waals surface area contributed by atoms with Crippen molar-refractivity contribution in [2.45, 2.75) is 44.7 Å². The van der Waals surface area contributed by atoms with Crippen LogP contribution in [0.1, 0.15) is 33.1 Å². The van der Waals surface area contributed by atoms with Gasteiger partial charge in [0.05, 0.1) is 0 Å².